The normalized spacial score (nSPS) is 13.7. The minimum Gasteiger partial charge on any atom is -0.486 e. The molecule has 1 aromatic carbocycles. The SMILES string of the molecule is CCOC(=O)c1c(C)[nH]c(CCC(=O)N[C@@H](C)c2ccc3c(c2)OCCO3)c1C. The van der Waals surface area contributed by atoms with Gasteiger partial charge in [-0.05, 0) is 57.4 Å². The van der Waals surface area contributed by atoms with E-state index >= 15 is 0 Å². The highest BCUT2D eigenvalue weighted by molar-refractivity contribution is 5.92. The molecule has 0 radical (unpaired) electrons. The first kappa shape index (κ1) is 20.8. The Labute approximate surface area is 170 Å². The lowest BCUT2D eigenvalue weighted by Gasteiger charge is -2.21. The summed E-state index contributed by atoms with van der Waals surface area (Å²) in [6.45, 7) is 8.84. The molecule has 156 valence electrons. The Morgan fingerprint density at radius 2 is 1.93 bits per heavy atom. The van der Waals surface area contributed by atoms with Crippen LogP contribution in [0.2, 0.25) is 0 Å². The molecule has 0 aliphatic carbocycles. The first-order valence-corrected chi connectivity index (χ1v) is 9.94. The number of carbonyl (C=O) groups is 2. The van der Waals surface area contributed by atoms with E-state index in [4.69, 9.17) is 14.2 Å². The number of hydrogen-bond donors (Lipinski definition) is 2. The van der Waals surface area contributed by atoms with Crippen LogP contribution in [0.3, 0.4) is 0 Å². The number of carbonyl (C=O) groups excluding carboxylic acids is 2. The molecule has 2 heterocycles. The van der Waals surface area contributed by atoms with Gasteiger partial charge in [0.15, 0.2) is 11.5 Å². The first-order valence-electron chi connectivity index (χ1n) is 9.94. The van der Waals surface area contributed by atoms with E-state index in [1.165, 1.54) is 0 Å². The van der Waals surface area contributed by atoms with Crippen LogP contribution < -0.4 is 14.8 Å². The van der Waals surface area contributed by atoms with Crippen LogP contribution in [0.15, 0.2) is 18.2 Å². The van der Waals surface area contributed by atoms with E-state index in [-0.39, 0.29) is 17.9 Å². The van der Waals surface area contributed by atoms with Crippen molar-refractivity contribution < 1.29 is 23.8 Å². The molecule has 1 aliphatic heterocycles. The van der Waals surface area contributed by atoms with E-state index in [2.05, 4.69) is 10.3 Å². The average Bonchev–Trinajstić information content (AvgIpc) is 2.99. The number of benzene rings is 1. The fourth-order valence-corrected chi connectivity index (χ4v) is 3.54. The molecule has 2 N–H and O–H groups in total. The molecule has 0 spiro atoms. The minimum atomic E-state index is -0.332. The van der Waals surface area contributed by atoms with Gasteiger partial charge in [-0.2, -0.15) is 0 Å². The fraction of sp³-hybridized carbons (Fsp3) is 0.455. The third kappa shape index (κ3) is 4.72. The highest BCUT2D eigenvalue weighted by atomic mass is 16.6. The predicted molar refractivity (Wildman–Crippen MR) is 109 cm³/mol. The van der Waals surface area contributed by atoms with Crippen LogP contribution in [0.1, 0.15) is 59.2 Å². The summed E-state index contributed by atoms with van der Waals surface area (Å²) in [5.74, 6) is 1.05. The van der Waals surface area contributed by atoms with Crippen molar-refractivity contribution in [3.8, 4) is 11.5 Å². The van der Waals surface area contributed by atoms with Gasteiger partial charge in [0.05, 0.1) is 18.2 Å². The third-order valence-electron chi connectivity index (χ3n) is 5.07. The molecule has 7 heteroatoms. The molecule has 2 aromatic rings. The van der Waals surface area contributed by atoms with Gasteiger partial charge in [-0.3, -0.25) is 4.79 Å². The average molecular weight is 400 g/mol. The number of aromatic nitrogens is 1. The maximum atomic E-state index is 12.5. The molecule has 29 heavy (non-hydrogen) atoms. The van der Waals surface area contributed by atoms with Crippen LogP contribution >= 0.6 is 0 Å². The Kier molecular flexibility index (Phi) is 6.46. The zero-order valence-electron chi connectivity index (χ0n) is 17.4. The van der Waals surface area contributed by atoms with Crippen LogP contribution in [-0.4, -0.2) is 36.7 Å². The van der Waals surface area contributed by atoms with Gasteiger partial charge in [0.25, 0.3) is 0 Å². The maximum Gasteiger partial charge on any atom is 0.340 e. The molecule has 3 rings (SSSR count). The van der Waals surface area contributed by atoms with Crippen molar-refractivity contribution >= 4 is 11.9 Å². The number of hydrogen-bond acceptors (Lipinski definition) is 5. The summed E-state index contributed by atoms with van der Waals surface area (Å²) in [5, 5.41) is 3.02. The molecule has 1 aliphatic rings. The molecule has 7 nitrogen and oxygen atoms in total. The van der Waals surface area contributed by atoms with Gasteiger partial charge in [-0.1, -0.05) is 6.07 Å². The number of ether oxygens (including phenoxy) is 3. The largest absolute Gasteiger partial charge is 0.486 e. The van der Waals surface area contributed by atoms with Gasteiger partial charge in [0.1, 0.15) is 13.2 Å². The van der Waals surface area contributed by atoms with Gasteiger partial charge in [0.2, 0.25) is 5.91 Å². The van der Waals surface area contributed by atoms with Crippen LogP contribution in [0, 0.1) is 13.8 Å². The molecule has 0 saturated heterocycles. The summed E-state index contributed by atoms with van der Waals surface area (Å²) in [4.78, 5) is 27.8. The van der Waals surface area contributed by atoms with Crippen molar-refractivity contribution in [2.45, 2.75) is 46.6 Å². The number of esters is 1. The van der Waals surface area contributed by atoms with Crippen molar-refractivity contribution in [2.24, 2.45) is 0 Å². The smallest absolute Gasteiger partial charge is 0.340 e. The molecular weight excluding hydrogens is 372 g/mol. The number of fused-ring (bicyclic) bond motifs is 1. The van der Waals surface area contributed by atoms with E-state index in [1.807, 2.05) is 39.0 Å². The topological polar surface area (TPSA) is 89.7 Å². The van der Waals surface area contributed by atoms with E-state index in [0.29, 0.717) is 44.0 Å². The Morgan fingerprint density at radius 1 is 1.21 bits per heavy atom. The Morgan fingerprint density at radius 3 is 2.66 bits per heavy atom. The lowest BCUT2D eigenvalue weighted by Crippen LogP contribution is -2.27. The monoisotopic (exact) mass is 400 g/mol. The Balaban J connectivity index is 1.59. The number of rotatable bonds is 7. The predicted octanol–water partition coefficient (Wildman–Crippen LogP) is 3.39. The summed E-state index contributed by atoms with van der Waals surface area (Å²) in [6.07, 6.45) is 0.837. The molecule has 0 fully saturated rings. The van der Waals surface area contributed by atoms with Crippen LogP contribution in [0.25, 0.3) is 0 Å². The molecule has 1 amide bonds. The zero-order valence-corrected chi connectivity index (χ0v) is 17.4. The minimum absolute atomic E-state index is 0.0586. The van der Waals surface area contributed by atoms with Crippen LogP contribution in [-0.2, 0) is 16.0 Å². The fourth-order valence-electron chi connectivity index (χ4n) is 3.54. The van der Waals surface area contributed by atoms with Gasteiger partial charge < -0.3 is 24.5 Å². The molecule has 0 unspecified atom stereocenters. The van der Waals surface area contributed by atoms with E-state index in [1.54, 1.807) is 6.92 Å². The first-order chi connectivity index (χ1) is 13.9. The van der Waals surface area contributed by atoms with Gasteiger partial charge in [-0.25, -0.2) is 4.79 Å². The second-order valence-corrected chi connectivity index (χ2v) is 7.14. The second-order valence-electron chi connectivity index (χ2n) is 7.14. The van der Waals surface area contributed by atoms with Gasteiger partial charge in [-0.15, -0.1) is 0 Å². The number of amides is 1. The van der Waals surface area contributed by atoms with Crippen molar-refractivity contribution in [3.63, 3.8) is 0 Å². The van der Waals surface area contributed by atoms with Crippen molar-refractivity contribution in [1.29, 1.82) is 0 Å². The highest BCUT2D eigenvalue weighted by Crippen LogP contribution is 2.32. The number of aromatic amines is 1. The van der Waals surface area contributed by atoms with E-state index in [9.17, 15) is 9.59 Å². The maximum absolute atomic E-state index is 12.5. The number of H-pyrrole nitrogens is 1. The highest BCUT2D eigenvalue weighted by Gasteiger charge is 2.20. The van der Waals surface area contributed by atoms with E-state index < -0.39 is 0 Å². The zero-order chi connectivity index (χ0) is 21.0. The summed E-state index contributed by atoms with van der Waals surface area (Å²) >= 11 is 0. The lowest BCUT2D eigenvalue weighted by molar-refractivity contribution is -0.121. The summed E-state index contributed by atoms with van der Waals surface area (Å²) < 4.78 is 16.3. The molecule has 1 atom stereocenters. The van der Waals surface area contributed by atoms with Crippen LogP contribution in [0.4, 0.5) is 0 Å². The molecule has 0 saturated carbocycles. The van der Waals surface area contributed by atoms with Crippen molar-refractivity contribution in [1.82, 2.24) is 10.3 Å². The van der Waals surface area contributed by atoms with Crippen molar-refractivity contribution in [3.05, 3.63) is 46.3 Å². The third-order valence-corrected chi connectivity index (χ3v) is 5.07. The van der Waals surface area contributed by atoms with Gasteiger partial charge >= 0.3 is 5.97 Å². The summed E-state index contributed by atoms with van der Waals surface area (Å²) in [6, 6.07) is 5.56. The number of nitrogens with one attached hydrogen (secondary N) is 2. The molecular formula is C22H28N2O5. The Bertz CT molecular complexity index is 903. The standard InChI is InChI=1S/C22H28N2O5/c1-5-27-22(26)21-13(2)17(23-15(21)4)7-9-20(25)24-14(3)16-6-8-18-19(12-16)29-11-10-28-18/h6,8,12,14,23H,5,7,9-11H2,1-4H3,(H,24,25)/t14-/m0/s1. The quantitative estimate of drug-likeness (QED) is 0.696. The van der Waals surface area contributed by atoms with E-state index in [0.717, 1.165) is 28.3 Å². The number of aryl methyl sites for hydroxylation is 2. The van der Waals surface area contributed by atoms with Crippen molar-refractivity contribution in [2.75, 3.05) is 19.8 Å². The summed E-state index contributed by atoms with van der Waals surface area (Å²) in [7, 11) is 0. The second kappa shape index (κ2) is 9.03. The van der Waals surface area contributed by atoms with Gasteiger partial charge in [0, 0.05) is 17.8 Å². The van der Waals surface area contributed by atoms with Crippen LogP contribution in [0.5, 0.6) is 11.5 Å². The molecule has 1 aromatic heterocycles. The summed E-state index contributed by atoms with van der Waals surface area (Å²) in [5.41, 5.74) is 4.01. The Hall–Kier alpha value is -2.96. The molecule has 0 bridgehead atoms. The lowest BCUT2D eigenvalue weighted by atomic mass is 10.1.